The number of hydrogen-bond donors (Lipinski definition) is 1. The van der Waals surface area contributed by atoms with Crippen LogP contribution in [0.15, 0.2) is 58.3 Å². The summed E-state index contributed by atoms with van der Waals surface area (Å²) in [6.07, 6.45) is 0.395. The van der Waals surface area contributed by atoms with E-state index in [0.29, 0.717) is 29.0 Å². The highest BCUT2D eigenvalue weighted by atomic mass is 32.2. The summed E-state index contributed by atoms with van der Waals surface area (Å²) < 4.78 is 23.2. The third-order valence-corrected chi connectivity index (χ3v) is 7.87. The number of rotatable bonds is 7. The van der Waals surface area contributed by atoms with Gasteiger partial charge in [0.2, 0.25) is 5.91 Å². The molecule has 0 bridgehead atoms. The number of carbonyl (C=O) groups is 2. The molecule has 1 atom stereocenters. The van der Waals surface area contributed by atoms with Crippen molar-refractivity contribution in [2.75, 3.05) is 24.6 Å². The average Bonchev–Trinajstić information content (AvgIpc) is 3.10. The molecule has 0 unspecified atom stereocenters. The zero-order chi connectivity index (χ0) is 22.4. The van der Waals surface area contributed by atoms with Crippen molar-refractivity contribution in [1.29, 1.82) is 5.26 Å². The standard InChI is InChI=1S/C22H23N3O4S2/c1-2-25(14-21(26)24-17-11-12-31(28,29)15-17)22(27)18-8-4-6-10-20(18)30-19-9-5-3-7-16(19)13-23/h3-10,17H,2,11-12,14-15H2,1H3,(H,24,26)/t17-/m1/s1. The summed E-state index contributed by atoms with van der Waals surface area (Å²) in [5, 5.41) is 12.1. The van der Waals surface area contributed by atoms with Gasteiger partial charge in [-0.3, -0.25) is 9.59 Å². The van der Waals surface area contributed by atoms with Gasteiger partial charge >= 0.3 is 0 Å². The fourth-order valence-electron chi connectivity index (χ4n) is 3.35. The Morgan fingerprint density at radius 2 is 1.84 bits per heavy atom. The zero-order valence-electron chi connectivity index (χ0n) is 17.1. The molecule has 9 heteroatoms. The molecule has 3 rings (SSSR count). The summed E-state index contributed by atoms with van der Waals surface area (Å²) in [6.45, 7) is 1.95. The van der Waals surface area contributed by atoms with Gasteiger partial charge in [-0.25, -0.2) is 8.42 Å². The van der Waals surface area contributed by atoms with Gasteiger partial charge in [0.05, 0.1) is 29.2 Å². The van der Waals surface area contributed by atoms with Crippen LogP contribution in [0.3, 0.4) is 0 Å². The highest BCUT2D eigenvalue weighted by Crippen LogP contribution is 2.33. The molecule has 1 heterocycles. The van der Waals surface area contributed by atoms with Crippen LogP contribution in [0.25, 0.3) is 0 Å². The third kappa shape index (κ3) is 5.87. The minimum Gasteiger partial charge on any atom is -0.351 e. The van der Waals surface area contributed by atoms with Gasteiger partial charge in [0.1, 0.15) is 6.07 Å². The molecule has 162 valence electrons. The first-order valence-electron chi connectivity index (χ1n) is 9.88. The number of hydrogen-bond acceptors (Lipinski definition) is 6. The van der Waals surface area contributed by atoms with E-state index >= 15 is 0 Å². The lowest BCUT2D eigenvalue weighted by molar-refractivity contribution is -0.122. The number of amides is 2. The average molecular weight is 458 g/mol. The first kappa shape index (κ1) is 22.8. The molecule has 1 fully saturated rings. The molecule has 31 heavy (non-hydrogen) atoms. The monoisotopic (exact) mass is 457 g/mol. The topological polar surface area (TPSA) is 107 Å². The largest absolute Gasteiger partial charge is 0.351 e. The number of benzene rings is 2. The molecule has 0 aliphatic carbocycles. The van der Waals surface area contributed by atoms with E-state index in [-0.39, 0.29) is 29.9 Å². The second kappa shape index (κ2) is 9.98. The van der Waals surface area contributed by atoms with E-state index in [1.165, 1.54) is 16.7 Å². The van der Waals surface area contributed by atoms with Crippen LogP contribution in [0.5, 0.6) is 0 Å². The van der Waals surface area contributed by atoms with Crippen molar-refractivity contribution < 1.29 is 18.0 Å². The van der Waals surface area contributed by atoms with E-state index in [1.807, 2.05) is 24.3 Å². The third-order valence-electron chi connectivity index (χ3n) is 4.95. The molecule has 0 aromatic heterocycles. The lowest BCUT2D eigenvalue weighted by Gasteiger charge is -2.22. The van der Waals surface area contributed by atoms with Gasteiger partial charge in [-0.15, -0.1) is 0 Å². The quantitative estimate of drug-likeness (QED) is 0.684. The molecule has 1 aliphatic heterocycles. The Morgan fingerprint density at radius 3 is 2.48 bits per heavy atom. The molecule has 7 nitrogen and oxygen atoms in total. The molecule has 2 aromatic rings. The molecule has 2 aromatic carbocycles. The summed E-state index contributed by atoms with van der Waals surface area (Å²) >= 11 is 1.33. The lowest BCUT2D eigenvalue weighted by atomic mass is 10.2. The summed E-state index contributed by atoms with van der Waals surface area (Å²) in [6, 6.07) is 16.0. The van der Waals surface area contributed by atoms with Crippen LogP contribution in [0, 0.1) is 11.3 Å². The van der Waals surface area contributed by atoms with Gasteiger partial charge in [0.25, 0.3) is 5.91 Å². The lowest BCUT2D eigenvalue weighted by Crippen LogP contribution is -2.44. The van der Waals surface area contributed by atoms with Gasteiger partial charge in [-0.1, -0.05) is 36.0 Å². The van der Waals surface area contributed by atoms with Crippen molar-refractivity contribution in [2.45, 2.75) is 29.2 Å². The van der Waals surface area contributed by atoms with Crippen LogP contribution in [0.1, 0.15) is 29.3 Å². The fraction of sp³-hybridized carbons (Fsp3) is 0.318. The summed E-state index contributed by atoms with van der Waals surface area (Å²) in [5.41, 5.74) is 0.964. The molecule has 1 aliphatic rings. The van der Waals surface area contributed by atoms with Gasteiger partial charge in [0.15, 0.2) is 9.84 Å². The second-order valence-corrected chi connectivity index (χ2v) is 10.5. The maximum Gasteiger partial charge on any atom is 0.255 e. The predicted molar refractivity (Wildman–Crippen MR) is 119 cm³/mol. The number of nitrogens with zero attached hydrogens (tertiary/aromatic N) is 2. The molecule has 1 saturated heterocycles. The molecular formula is C22H23N3O4S2. The highest BCUT2D eigenvalue weighted by Gasteiger charge is 2.29. The van der Waals surface area contributed by atoms with Crippen molar-refractivity contribution in [3.8, 4) is 6.07 Å². The Hall–Kier alpha value is -2.83. The van der Waals surface area contributed by atoms with Crippen molar-refractivity contribution in [3.05, 3.63) is 59.7 Å². The van der Waals surface area contributed by atoms with E-state index in [4.69, 9.17) is 0 Å². The Bertz CT molecular complexity index is 1130. The van der Waals surface area contributed by atoms with Crippen molar-refractivity contribution in [2.24, 2.45) is 0 Å². The van der Waals surface area contributed by atoms with Gasteiger partial charge < -0.3 is 10.2 Å². The van der Waals surface area contributed by atoms with Gasteiger partial charge in [-0.05, 0) is 37.6 Å². The highest BCUT2D eigenvalue weighted by molar-refractivity contribution is 7.99. The van der Waals surface area contributed by atoms with E-state index in [1.54, 1.807) is 31.2 Å². The summed E-state index contributed by atoms with van der Waals surface area (Å²) in [7, 11) is -3.10. The SMILES string of the molecule is CCN(CC(=O)N[C@@H]1CCS(=O)(=O)C1)C(=O)c1ccccc1Sc1ccccc1C#N. The number of likely N-dealkylation sites (N-methyl/N-ethyl adjacent to an activating group) is 1. The second-order valence-electron chi connectivity index (χ2n) is 7.19. The minimum absolute atomic E-state index is 0.0589. The first-order chi connectivity index (χ1) is 14.8. The first-order valence-corrected chi connectivity index (χ1v) is 12.5. The summed E-state index contributed by atoms with van der Waals surface area (Å²) in [4.78, 5) is 28.5. The fourth-order valence-corrected chi connectivity index (χ4v) is 6.04. The molecular weight excluding hydrogens is 434 g/mol. The Labute approximate surface area is 186 Å². The maximum absolute atomic E-state index is 13.2. The van der Waals surface area contributed by atoms with Crippen molar-refractivity contribution >= 4 is 33.4 Å². The van der Waals surface area contributed by atoms with E-state index < -0.39 is 15.9 Å². The number of nitriles is 1. The minimum atomic E-state index is -3.10. The van der Waals surface area contributed by atoms with Crippen LogP contribution in [-0.2, 0) is 14.6 Å². The Balaban J connectivity index is 1.73. The molecule has 0 radical (unpaired) electrons. The predicted octanol–water partition coefficient (Wildman–Crippen LogP) is 2.47. The molecule has 1 N–H and O–H groups in total. The normalized spacial score (nSPS) is 17.0. The molecule has 0 saturated carbocycles. The van der Waals surface area contributed by atoms with Crippen molar-refractivity contribution in [1.82, 2.24) is 10.2 Å². The maximum atomic E-state index is 13.2. The smallest absolute Gasteiger partial charge is 0.255 e. The van der Waals surface area contributed by atoms with Crippen molar-refractivity contribution in [3.63, 3.8) is 0 Å². The number of nitrogens with one attached hydrogen (secondary N) is 1. The molecule has 2 amide bonds. The Morgan fingerprint density at radius 1 is 1.16 bits per heavy atom. The number of sulfone groups is 1. The zero-order valence-corrected chi connectivity index (χ0v) is 18.7. The van der Waals surface area contributed by atoms with Crippen LogP contribution in [-0.4, -0.2) is 55.8 Å². The van der Waals surface area contributed by atoms with Crippen LogP contribution in [0.2, 0.25) is 0 Å². The van der Waals surface area contributed by atoms with Crippen LogP contribution < -0.4 is 5.32 Å². The van der Waals surface area contributed by atoms with Crippen LogP contribution in [0.4, 0.5) is 0 Å². The summed E-state index contributed by atoms with van der Waals surface area (Å²) in [5.74, 6) is -0.661. The van der Waals surface area contributed by atoms with Gasteiger partial charge in [-0.2, -0.15) is 5.26 Å². The Kier molecular flexibility index (Phi) is 7.36. The van der Waals surface area contributed by atoms with E-state index in [0.717, 1.165) is 4.90 Å². The van der Waals surface area contributed by atoms with E-state index in [2.05, 4.69) is 11.4 Å². The van der Waals surface area contributed by atoms with E-state index in [9.17, 15) is 23.3 Å². The van der Waals surface area contributed by atoms with Crippen LogP contribution >= 0.6 is 11.8 Å². The van der Waals surface area contributed by atoms with Gasteiger partial charge in [0, 0.05) is 22.4 Å². The molecule has 0 spiro atoms. The number of carbonyl (C=O) groups excluding carboxylic acids is 2.